The van der Waals surface area contributed by atoms with Crippen LogP contribution in [0.25, 0.3) is 0 Å². The van der Waals surface area contributed by atoms with E-state index in [2.05, 4.69) is 0 Å². The Hall–Kier alpha value is -2.67. The Labute approximate surface area is 129 Å². The molecular weight excluding hydrogens is 309 g/mol. The first kappa shape index (κ1) is 16.7. The van der Waals surface area contributed by atoms with Gasteiger partial charge in [0.05, 0.1) is 5.56 Å². The van der Waals surface area contributed by atoms with E-state index in [-0.39, 0.29) is 11.1 Å². The number of ketones is 1. The minimum absolute atomic E-state index is 0.0998. The highest BCUT2D eigenvalue weighted by Gasteiger charge is 2.30. The predicted octanol–water partition coefficient (Wildman–Crippen LogP) is 2.42. The molecule has 120 valence electrons. The van der Waals surface area contributed by atoms with Crippen molar-refractivity contribution in [2.24, 2.45) is 11.5 Å². The smallest absolute Gasteiger partial charge is 0.368 e. The third kappa shape index (κ3) is 3.75. The van der Waals surface area contributed by atoms with Crippen molar-refractivity contribution in [3.8, 4) is 0 Å². The highest BCUT2D eigenvalue weighted by atomic mass is 19.4. The van der Waals surface area contributed by atoms with Crippen molar-refractivity contribution in [1.82, 2.24) is 0 Å². The van der Waals surface area contributed by atoms with Gasteiger partial charge < -0.3 is 11.5 Å². The summed E-state index contributed by atoms with van der Waals surface area (Å²) in [7, 11) is 0. The van der Waals surface area contributed by atoms with Gasteiger partial charge in [0.2, 0.25) is 5.91 Å². The maximum Gasteiger partial charge on any atom is 0.416 e. The van der Waals surface area contributed by atoms with Crippen LogP contribution in [0.5, 0.6) is 0 Å². The molecule has 0 radical (unpaired) electrons. The van der Waals surface area contributed by atoms with Crippen LogP contribution in [0.15, 0.2) is 48.5 Å². The molecule has 0 aliphatic rings. The van der Waals surface area contributed by atoms with E-state index in [0.717, 1.165) is 24.3 Å². The van der Waals surface area contributed by atoms with Crippen molar-refractivity contribution < 1.29 is 22.8 Å². The number of halogens is 3. The summed E-state index contributed by atoms with van der Waals surface area (Å²) in [4.78, 5) is 23.4. The molecule has 2 aromatic rings. The topological polar surface area (TPSA) is 86.2 Å². The number of hydrogen-bond acceptors (Lipinski definition) is 3. The molecule has 0 bridgehead atoms. The zero-order valence-electron chi connectivity index (χ0n) is 11.8. The Morgan fingerprint density at radius 1 is 0.957 bits per heavy atom. The summed E-state index contributed by atoms with van der Waals surface area (Å²) in [5.41, 5.74) is 10.5. The van der Waals surface area contributed by atoms with Crippen LogP contribution in [0.3, 0.4) is 0 Å². The molecule has 23 heavy (non-hydrogen) atoms. The van der Waals surface area contributed by atoms with Crippen LogP contribution in [0.4, 0.5) is 13.2 Å². The molecule has 7 heteroatoms. The molecular formula is C16H13F3N2O2. The molecule has 0 saturated carbocycles. The third-order valence-corrected chi connectivity index (χ3v) is 3.29. The first-order valence-corrected chi connectivity index (χ1v) is 6.57. The summed E-state index contributed by atoms with van der Waals surface area (Å²) in [6.45, 7) is 0. The number of nitrogens with two attached hydrogens (primary N) is 2. The van der Waals surface area contributed by atoms with E-state index in [0.29, 0.717) is 5.56 Å². The molecule has 0 heterocycles. The monoisotopic (exact) mass is 322 g/mol. The van der Waals surface area contributed by atoms with Crippen LogP contribution in [0, 0.1) is 0 Å². The zero-order valence-corrected chi connectivity index (χ0v) is 11.8. The fourth-order valence-corrected chi connectivity index (χ4v) is 2.01. The van der Waals surface area contributed by atoms with Crippen LogP contribution in [-0.4, -0.2) is 11.7 Å². The summed E-state index contributed by atoms with van der Waals surface area (Å²) >= 11 is 0. The summed E-state index contributed by atoms with van der Waals surface area (Å²) in [6.07, 6.45) is -4.46. The van der Waals surface area contributed by atoms with E-state index < -0.39 is 29.5 Å². The Morgan fingerprint density at radius 2 is 1.57 bits per heavy atom. The molecule has 0 aromatic heterocycles. The van der Waals surface area contributed by atoms with Gasteiger partial charge in [-0.1, -0.05) is 30.3 Å². The van der Waals surface area contributed by atoms with Gasteiger partial charge in [0.15, 0.2) is 5.78 Å². The van der Waals surface area contributed by atoms with Crippen LogP contribution in [-0.2, 0) is 11.0 Å². The fourth-order valence-electron chi connectivity index (χ4n) is 2.01. The molecule has 1 unspecified atom stereocenters. The molecule has 0 spiro atoms. The van der Waals surface area contributed by atoms with E-state index >= 15 is 0 Å². The molecule has 0 fully saturated rings. The first-order valence-electron chi connectivity index (χ1n) is 6.57. The van der Waals surface area contributed by atoms with Crippen LogP contribution in [0.1, 0.15) is 33.1 Å². The number of carbonyl (C=O) groups excluding carboxylic acids is 2. The number of benzene rings is 2. The lowest BCUT2D eigenvalue weighted by Crippen LogP contribution is -2.28. The lowest BCUT2D eigenvalue weighted by Gasteiger charge is -2.10. The van der Waals surface area contributed by atoms with E-state index in [1.165, 1.54) is 18.2 Å². The Bertz CT molecular complexity index is 740. The van der Waals surface area contributed by atoms with Crippen LogP contribution < -0.4 is 11.5 Å². The van der Waals surface area contributed by atoms with Crippen molar-refractivity contribution in [3.63, 3.8) is 0 Å². The van der Waals surface area contributed by atoms with Crippen LogP contribution >= 0.6 is 0 Å². The largest absolute Gasteiger partial charge is 0.416 e. The first-order chi connectivity index (χ1) is 10.7. The van der Waals surface area contributed by atoms with Gasteiger partial charge in [0.1, 0.15) is 6.04 Å². The number of primary amides is 1. The average Bonchev–Trinajstić information content (AvgIpc) is 2.52. The van der Waals surface area contributed by atoms with Gasteiger partial charge in [-0.05, 0) is 23.8 Å². The number of rotatable bonds is 4. The van der Waals surface area contributed by atoms with E-state index in [1.807, 2.05) is 0 Å². The molecule has 0 aliphatic heterocycles. The Morgan fingerprint density at radius 3 is 2.09 bits per heavy atom. The maximum absolute atomic E-state index is 12.5. The molecule has 1 atom stereocenters. The quantitative estimate of drug-likeness (QED) is 0.848. The average molecular weight is 322 g/mol. The van der Waals surface area contributed by atoms with Crippen molar-refractivity contribution in [2.75, 3.05) is 0 Å². The van der Waals surface area contributed by atoms with Gasteiger partial charge >= 0.3 is 6.18 Å². The van der Waals surface area contributed by atoms with E-state index in [1.54, 1.807) is 6.07 Å². The number of alkyl halides is 3. The van der Waals surface area contributed by atoms with Gasteiger partial charge in [-0.25, -0.2) is 0 Å². The van der Waals surface area contributed by atoms with E-state index in [9.17, 15) is 22.8 Å². The van der Waals surface area contributed by atoms with Crippen molar-refractivity contribution in [2.45, 2.75) is 12.2 Å². The molecule has 1 amide bonds. The maximum atomic E-state index is 12.5. The number of carbonyl (C=O) groups is 2. The zero-order chi connectivity index (χ0) is 17.2. The normalized spacial score (nSPS) is 12.7. The van der Waals surface area contributed by atoms with Crippen LogP contribution in [0.2, 0.25) is 0 Å². The molecule has 0 aliphatic carbocycles. The summed E-state index contributed by atoms with van der Waals surface area (Å²) in [5.74, 6) is -1.22. The standard InChI is InChI=1S/C16H13F3N2O2/c17-16(18,19)12-6-4-9(5-7-12)14(22)11-3-1-2-10(8-11)13(20)15(21)23/h1-8,13H,20H2,(H2,21,23). The second-order valence-electron chi connectivity index (χ2n) is 4.91. The third-order valence-electron chi connectivity index (χ3n) is 3.29. The minimum Gasteiger partial charge on any atom is -0.368 e. The Kier molecular flexibility index (Phi) is 4.51. The summed E-state index contributed by atoms with van der Waals surface area (Å²) in [6, 6.07) is 8.77. The fraction of sp³-hybridized carbons (Fsp3) is 0.125. The van der Waals surface area contributed by atoms with Gasteiger partial charge in [-0.2, -0.15) is 13.2 Å². The SMILES string of the molecule is NC(=O)C(N)c1cccc(C(=O)c2ccc(C(F)(F)F)cc2)c1. The van der Waals surface area contributed by atoms with E-state index in [4.69, 9.17) is 11.5 Å². The lowest BCUT2D eigenvalue weighted by molar-refractivity contribution is -0.137. The highest BCUT2D eigenvalue weighted by molar-refractivity contribution is 6.09. The second kappa shape index (κ2) is 6.21. The second-order valence-corrected chi connectivity index (χ2v) is 4.91. The minimum atomic E-state index is -4.46. The number of amides is 1. The predicted molar refractivity (Wildman–Crippen MR) is 77.4 cm³/mol. The number of hydrogen-bond donors (Lipinski definition) is 2. The molecule has 4 N–H and O–H groups in total. The van der Waals surface area contributed by atoms with Gasteiger partial charge in [-0.15, -0.1) is 0 Å². The highest BCUT2D eigenvalue weighted by Crippen LogP contribution is 2.29. The Balaban J connectivity index is 2.30. The summed E-state index contributed by atoms with van der Waals surface area (Å²) < 4.78 is 37.6. The molecule has 2 aromatic carbocycles. The lowest BCUT2D eigenvalue weighted by atomic mass is 9.98. The molecule has 2 rings (SSSR count). The van der Waals surface area contributed by atoms with Crippen molar-refractivity contribution >= 4 is 11.7 Å². The molecule has 4 nitrogen and oxygen atoms in total. The molecule has 0 saturated heterocycles. The van der Waals surface area contributed by atoms with Crippen molar-refractivity contribution in [3.05, 3.63) is 70.8 Å². The summed E-state index contributed by atoms with van der Waals surface area (Å²) in [5, 5.41) is 0. The van der Waals surface area contributed by atoms with Crippen molar-refractivity contribution in [1.29, 1.82) is 0 Å². The van der Waals surface area contributed by atoms with Gasteiger partial charge in [-0.3, -0.25) is 9.59 Å². The van der Waals surface area contributed by atoms with Gasteiger partial charge in [0, 0.05) is 11.1 Å². The van der Waals surface area contributed by atoms with Gasteiger partial charge in [0.25, 0.3) is 0 Å².